The highest BCUT2D eigenvalue weighted by atomic mass is 79.9. The first kappa shape index (κ1) is 15.3. The molecule has 0 aromatic heterocycles. The second-order valence-electron chi connectivity index (χ2n) is 4.51. The maximum atomic E-state index is 12.7. The first-order chi connectivity index (χ1) is 9.52. The van der Waals surface area contributed by atoms with Crippen LogP contribution in [0, 0.1) is 6.92 Å². The SMILES string of the molecule is CCN(C(=O)c1cc(Br)ccc1Br)c1cccc(C)c1. The van der Waals surface area contributed by atoms with E-state index in [1.807, 2.05) is 56.3 Å². The van der Waals surface area contributed by atoms with Crippen molar-refractivity contribution in [1.82, 2.24) is 0 Å². The molecule has 0 unspecified atom stereocenters. The summed E-state index contributed by atoms with van der Waals surface area (Å²) in [7, 11) is 0. The number of carbonyl (C=O) groups is 1. The van der Waals surface area contributed by atoms with Crippen molar-refractivity contribution in [3.8, 4) is 0 Å². The van der Waals surface area contributed by atoms with Gasteiger partial charge in [0.15, 0.2) is 0 Å². The average Bonchev–Trinajstić information content (AvgIpc) is 2.42. The predicted octanol–water partition coefficient (Wildman–Crippen LogP) is 5.19. The van der Waals surface area contributed by atoms with Crippen LogP contribution in [0.15, 0.2) is 51.4 Å². The fourth-order valence-corrected chi connectivity index (χ4v) is 2.82. The molecule has 0 saturated carbocycles. The zero-order valence-corrected chi connectivity index (χ0v) is 14.5. The van der Waals surface area contributed by atoms with Crippen LogP contribution in [0.1, 0.15) is 22.8 Å². The lowest BCUT2D eigenvalue weighted by molar-refractivity contribution is 0.0987. The van der Waals surface area contributed by atoms with Crippen molar-refractivity contribution in [2.45, 2.75) is 13.8 Å². The minimum atomic E-state index is -0.00808. The van der Waals surface area contributed by atoms with Crippen LogP contribution in [0.2, 0.25) is 0 Å². The van der Waals surface area contributed by atoms with Crippen LogP contribution in [0.25, 0.3) is 0 Å². The van der Waals surface area contributed by atoms with E-state index in [2.05, 4.69) is 31.9 Å². The largest absolute Gasteiger partial charge is 0.309 e. The summed E-state index contributed by atoms with van der Waals surface area (Å²) in [4.78, 5) is 14.5. The Balaban J connectivity index is 2.41. The molecule has 0 heterocycles. The molecule has 0 aliphatic carbocycles. The highest BCUT2D eigenvalue weighted by molar-refractivity contribution is 9.11. The first-order valence-electron chi connectivity index (χ1n) is 6.36. The van der Waals surface area contributed by atoms with Crippen molar-refractivity contribution >= 4 is 43.5 Å². The molecule has 2 rings (SSSR count). The van der Waals surface area contributed by atoms with Crippen molar-refractivity contribution < 1.29 is 4.79 Å². The molecule has 0 radical (unpaired) electrons. The minimum absolute atomic E-state index is 0.00808. The summed E-state index contributed by atoms with van der Waals surface area (Å²) < 4.78 is 1.70. The average molecular weight is 397 g/mol. The summed E-state index contributed by atoms with van der Waals surface area (Å²) in [6.07, 6.45) is 0. The van der Waals surface area contributed by atoms with E-state index >= 15 is 0 Å². The van der Waals surface area contributed by atoms with Gasteiger partial charge in [0.05, 0.1) is 5.56 Å². The maximum absolute atomic E-state index is 12.7. The predicted molar refractivity (Wildman–Crippen MR) is 90.4 cm³/mol. The second kappa shape index (κ2) is 6.55. The van der Waals surface area contributed by atoms with Gasteiger partial charge in [-0.15, -0.1) is 0 Å². The summed E-state index contributed by atoms with van der Waals surface area (Å²) in [6.45, 7) is 4.63. The van der Waals surface area contributed by atoms with Crippen LogP contribution >= 0.6 is 31.9 Å². The third-order valence-corrected chi connectivity index (χ3v) is 4.22. The van der Waals surface area contributed by atoms with Crippen LogP contribution in [0.3, 0.4) is 0 Å². The molecule has 104 valence electrons. The normalized spacial score (nSPS) is 10.4. The van der Waals surface area contributed by atoms with E-state index < -0.39 is 0 Å². The summed E-state index contributed by atoms with van der Waals surface area (Å²) >= 11 is 6.86. The van der Waals surface area contributed by atoms with Gasteiger partial charge >= 0.3 is 0 Å². The van der Waals surface area contributed by atoms with Gasteiger partial charge in [0.25, 0.3) is 5.91 Å². The molecule has 0 spiro atoms. The highest BCUT2D eigenvalue weighted by Crippen LogP contribution is 2.25. The smallest absolute Gasteiger partial charge is 0.259 e. The third-order valence-electron chi connectivity index (χ3n) is 3.03. The molecule has 0 bridgehead atoms. The molecule has 4 heteroatoms. The Hall–Kier alpha value is -1.13. The van der Waals surface area contributed by atoms with Gasteiger partial charge in [-0.25, -0.2) is 0 Å². The molecule has 2 aromatic carbocycles. The molecular formula is C16H15Br2NO. The second-order valence-corrected chi connectivity index (χ2v) is 6.28. The Morgan fingerprint density at radius 3 is 2.55 bits per heavy atom. The van der Waals surface area contributed by atoms with Crippen molar-refractivity contribution in [3.05, 3.63) is 62.5 Å². The van der Waals surface area contributed by atoms with Gasteiger partial charge in [0, 0.05) is 21.2 Å². The Kier molecular flexibility index (Phi) is 5.00. The molecule has 2 aromatic rings. The summed E-state index contributed by atoms with van der Waals surface area (Å²) in [6, 6.07) is 13.6. The Bertz CT molecular complexity index is 640. The van der Waals surface area contributed by atoms with Crippen LogP contribution in [-0.4, -0.2) is 12.5 Å². The van der Waals surface area contributed by atoms with Crippen molar-refractivity contribution in [2.75, 3.05) is 11.4 Å². The van der Waals surface area contributed by atoms with E-state index in [0.29, 0.717) is 12.1 Å². The van der Waals surface area contributed by atoms with E-state index in [1.54, 1.807) is 4.90 Å². The summed E-state index contributed by atoms with van der Waals surface area (Å²) in [5.41, 5.74) is 2.72. The Morgan fingerprint density at radius 2 is 1.90 bits per heavy atom. The number of anilines is 1. The molecule has 0 aliphatic heterocycles. The summed E-state index contributed by atoms with van der Waals surface area (Å²) in [5.74, 6) is -0.00808. The zero-order chi connectivity index (χ0) is 14.7. The van der Waals surface area contributed by atoms with Gasteiger partial charge in [-0.05, 0) is 65.7 Å². The number of hydrogen-bond donors (Lipinski definition) is 0. The van der Waals surface area contributed by atoms with Gasteiger partial charge in [-0.1, -0.05) is 28.1 Å². The van der Waals surface area contributed by atoms with Crippen molar-refractivity contribution in [2.24, 2.45) is 0 Å². The molecule has 1 amide bonds. The number of aryl methyl sites for hydroxylation is 1. The molecule has 2 nitrogen and oxygen atoms in total. The number of nitrogens with zero attached hydrogens (tertiary/aromatic N) is 1. The lowest BCUT2D eigenvalue weighted by atomic mass is 10.1. The highest BCUT2D eigenvalue weighted by Gasteiger charge is 2.18. The van der Waals surface area contributed by atoms with Crippen LogP contribution in [-0.2, 0) is 0 Å². The molecule has 20 heavy (non-hydrogen) atoms. The molecule has 0 fully saturated rings. The minimum Gasteiger partial charge on any atom is -0.309 e. The van der Waals surface area contributed by atoms with Gasteiger partial charge in [0.1, 0.15) is 0 Å². The number of hydrogen-bond acceptors (Lipinski definition) is 1. The Morgan fingerprint density at radius 1 is 1.15 bits per heavy atom. The van der Waals surface area contributed by atoms with E-state index in [-0.39, 0.29) is 5.91 Å². The molecular weight excluding hydrogens is 382 g/mol. The standard InChI is InChI=1S/C16H15Br2NO/c1-3-19(13-6-4-5-11(2)9-13)16(20)14-10-12(17)7-8-15(14)18/h4-10H,3H2,1-2H3. The van der Waals surface area contributed by atoms with Gasteiger partial charge in [0.2, 0.25) is 0 Å². The number of rotatable bonds is 3. The van der Waals surface area contributed by atoms with Crippen LogP contribution in [0.4, 0.5) is 5.69 Å². The van der Waals surface area contributed by atoms with E-state index in [1.165, 1.54) is 0 Å². The number of carbonyl (C=O) groups excluding carboxylic acids is 1. The van der Waals surface area contributed by atoms with Crippen molar-refractivity contribution in [1.29, 1.82) is 0 Å². The van der Waals surface area contributed by atoms with Crippen LogP contribution < -0.4 is 4.90 Å². The van der Waals surface area contributed by atoms with E-state index in [0.717, 1.165) is 20.2 Å². The Labute approximate surface area is 136 Å². The molecule has 0 N–H and O–H groups in total. The quantitative estimate of drug-likeness (QED) is 0.699. The van der Waals surface area contributed by atoms with Crippen LogP contribution in [0.5, 0.6) is 0 Å². The van der Waals surface area contributed by atoms with Gasteiger partial charge < -0.3 is 4.90 Å². The topological polar surface area (TPSA) is 20.3 Å². The van der Waals surface area contributed by atoms with Gasteiger partial charge in [-0.2, -0.15) is 0 Å². The zero-order valence-electron chi connectivity index (χ0n) is 11.4. The summed E-state index contributed by atoms with van der Waals surface area (Å²) in [5, 5.41) is 0. The fourth-order valence-electron chi connectivity index (χ4n) is 2.05. The fraction of sp³-hybridized carbons (Fsp3) is 0.188. The number of halogens is 2. The van der Waals surface area contributed by atoms with E-state index in [4.69, 9.17) is 0 Å². The molecule has 0 saturated heterocycles. The number of amides is 1. The molecule has 0 atom stereocenters. The maximum Gasteiger partial charge on any atom is 0.259 e. The molecule has 0 aliphatic rings. The first-order valence-corrected chi connectivity index (χ1v) is 7.95. The monoisotopic (exact) mass is 395 g/mol. The van der Waals surface area contributed by atoms with Gasteiger partial charge in [-0.3, -0.25) is 4.79 Å². The van der Waals surface area contributed by atoms with E-state index in [9.17, 15) is 4.79 Å². The van der Waals surface area contributed by atoms with Crippen molar-refractivity contribution in [3.63, 3.8) is 0 Å². The lowest BCUT2D eigenvalue weighted by Gasteiger charge is -2.22. The number of benzene rings is 2. The lowest BCUT2D eigenvalue weighted by Crippen LogP contribution is -2.30. The third kappa shape index (κ3) is 3.30.